The zero-order valence-electron chi connectivity index (χ0n) is 11.0. The molecule has 1 aliphatic heterocycles. The number of hydrogen-bond donors (Lipinski definition) is 1. The van der Waals surface area contributed by atoms with E-state index in [1.165, 1.54) is 17.7 Å². The van der Waals surface area contributed by atoms with E-state index in [1.54, 1.807) is 0 Å². The summed E-state index contributed by atoms with van der Waals surface area (Å²) in [4.78, 5) is 2.38. The third-order valence-electron chi connectivity index (χ3n) is 3.52. The molecule has 1 N–H and O–H groups in total. The maximum atomic E-state index is 3.45. The molecular formula is C14H23ClN2. The molecule has 1 unspecified atom stereocenters. The minimum Gasteiger partial charge on any atom is -0.374 e. The second-order valence-corrected chi connectivity index (χ2v) is 5.43. The lowest BCUT2D eigenvalue weighted by Gasteiger charge is -2.30. The highest BCUT2D eigenvalue weighted by Gasteiger charge is 2.29. The van der Waals surface area contributed by atoms with E-state index in [0.717, 1.165) is 19.6 Å². The zero-order valence-corrected chi connectivity index (χ0v) is 11.8. The Morgan fingerprint density at radius 1 is 1.41 bits per heavy atom. The Morgan fingerprint density at radius 2 is 2.18 bits per heavy atom. The first kappa shape index (κ1) is 14.3. The Morgan fingerprint density at radius 3 is 2.76 bits per heavy atom. The highest BCUT2D eigenvalue weighted by molar-refractivity contribution is 5.85. The van der Waals surface area contributed by atoms with Crippen LogP contribution in [0, 0.1) is 12.3 Å². The lowest BCUT2D eigenvalue weighted by molar-refractivity contribution is 0.371. The van der Waals surface area contributed by atoms with Crippen molar-refractivity contribution in [1.82, 2.24) is 5.32 Å². The molecule has 3 heteroatoms. The molecule has 2 nitrogen and oxygen atoms in total. The number of benzene rings is 1. The van der Waals surface area contributed by atoms with Crippen LogP contribution in [0.15, 0.2) is 24.3 Å². The van der Waals surface area contributed by atoms with Crippen molar-refractivity contribution in [2.75, 3.05) is 31.6 Å². The van der Waals surface area contributed by atoms with Gasteiger partial charge in [-0.05, 0) is 43.0 Å². The molecular weight excluding hydrogens is 232 g/mol. The standard InChI is InChI=1S/C14H22N2.ClH/c1-12-5-4-6-13(9-12)16(3)11-14(2)7-8-15-10-14;/h4-6,9,15H,7-8,10-11H2,1-3H3;1H. The fraction of sp³-hybridized carbons (Fsp3) is 0.571. The molecule has 1 atom stereocenters. The molecule has 0 aromatic heterocycles. The summed E-state index contributed by atoms with van der Waals surface area (Å²) in [6.45, 7) is 7.96. The molecule has 1 aromatic carbocycles. The second kappa shape index (κ2) is 5.74. The molecule has 0 radical (unpaired) electrons. The van der Waals surface area contributed by atoms with Crippen LogP contribution >= 0.6 is 12.4 Å². The lowest BCUT2D eigenvalue weighted by atomic mass is 9.89. The molecule has 2 rings (SSSR count). The van der Waals surface area contributed by atoms with E-state index in [1.807, 2.05) is 0 Å². The third kappa shape index (κ3) is 3.62. The van der Waals surface area contributed by atoms with Gasteiger partial charge in [0.25, 0.3) is 0 Å². The van der Waals surface area contributed by atoms with Gasteiger partial charge in [-0.25, -0.2) is 0 Å². The van der Waals surface area contributed by atoms with Gasteiger partial charge in [0.1, 0.15) is 0 Å². The molecule has 0 amide bonds. The Bertz CT molecular complexity index is 359. The van der Waals surface area contributed by atoms with E-state index >= 15 is 0 Å². The highest BCUT2D eigenvalue weighted by atomic mass is 35.5. The predicted octanol–water partition coefficient (Wildman–Crippen LogP) is 2.85. The van der Waals surface area contributed by atoms with Crippen LogP contribution in [0.2, 0.25) is 0 Å². The minimum atomic E-state index is 0. The van der Waals surface area contributed by atoms with Gasteiger partial charge in [0, 0.05) is 25.8 Å². The summed E-state index contributed by atoms with van der Waals surface area (Å²) in [7, 11) is 2.19. The van der Waals surface area contributed by atoms with Gasteiger partial charge in [-0.2, -0.15) is 0 Å². The Hall–Kier alpha value is -0.730. The largest absolute Gasteiger partial charge is 0.374 e. The summed E-state index contributed by atoms with van der Waals surface area (Å²) >= 11 is 0. The van der Waals surface area contributed by atoms with Crippen molar-refractivity contribution < 1.29 is 0 Å². The van der Waals surface area contributed by atoms with Crippen molar-refractivity contribution in [1.29, 1.82) is 0 Å². The SMILES string of the molecule is Cc1cccc(N(C)CC2(C)CCNC2)c1.Cl. The van der Waals surface area contributed by atoms with E-state index < -0.39 is 0 Å². The van der Waals surface area contributed by atoms with Crippen LogP contribution in [0.4, 0.5) is 5.69 Å². The van der Waals surface area contributed by atoms with Crippen molar-refractivity contribution in [2.24, 2.45) is 5.41 Å². The number of rotatable bonds is 3. The summed E-state index contributed by atoms with van der Waals surface area (Å²) in [5.74, 6) is 0. The second-order valence-electron chi connectivity index (χ2n) is 5.43. The van der Waals surface area contributed by atoms with Gasteiger partial charge in [0.15, 0.2) is 0 Å². The molecule has 1 saturated heterocycles. The van der Waals surface area contributed by atoms with E-state index in [2.05, 4.69) is 55.4 Å². The number of anilines is 1. The number of nitrogens with one attached hydrogen (secondary N) is 1. The highest BCUT2D eigenvalue weighted by Crippen LogP contribution is 2.27. The van der Waals surface area contributed by atoms with Crippen LogP contribution in [0.5, 0.6) is 0 Å². The fourth-order valence-corrected chi connectivity index (χ4v) is 2.53. The Labute approximate surface area is 111 Å². The number of nitrogens with zero attached hydrogens (tertiary/aromatic N) is 1. The van der Waals surface area contributed by atoms with Crippen molar-refractivity contribution in [3.05, 3.63) is 29.8 Å². The van der Waals surface area contributed by atoms with Crippen molar-refractivity contribution >= 4 is 18.1 Å². The monoisotopic (exact) mass is 254 g/mol. The van der Waals surface area contributed by atoms with Crippen LogP contribution < -0.4 is 10.2 Å². The number of hydrogen-bond acceptors (Lipinski definition) is 2. The summed E-state index contributed by atoms with van der Waals surface area (Å²) in [5, 5.41) is 3.45. The molecule has 0 spiro atoms. The summed E-state index contributed by atoms with van der Waals surface area (Å²) in [6, 6.07) is 8.73. The van der Waals surface area contributed by atoms with Gasteiger partial charge < -0.3 is 10.2 Å². The maximum Gasteiger partial charge on any atom is 0.0366 e. The van der Waals surface area contributed by atoms with E-state index in [0.29, 0.717) is 5.41 Å². The van der Waals surface area contributed by atoms with Gasteiger partial charge in [-0.15, -0.1) is 12.4 Å². The molecule has 17 heavy (non-hydrogen) atoms. The molecule has 1 aliphatic rings. The first-order chi connectivity index (χ1) is 7.59. The Balaban J connectivity index is 0.00000144. The average molecular weight is 255 g/mol. The van der Waals surface area contributed by atoms with Gasteiger partial charge in [0.2, 0.25) is 0 Å². The molecule has 0 saturated carbocycles. The normalized spacial score (nSPS) is 23.2. The van der Waals surface area contributed by atoms with Gasteiger partial charge in [-0.1, -0.05) is 19.1 Å². The van der Waals surface area contributed by atoms with Crippen molar-refractivity contribution in [3.63, 3.8) is 0 Å². The molecule has 0 aliphatic carbocycles. The Kier molecular flexibility index (Phi) is 4.84. The molecule has 1 fully saturated rings. The van der Waals surface area contributed by atoms with Gasteiger partial charge in [-0.3, -0.25) is 0 Å². The lowest BCUT2D eigenvalue weighted by Crippen LogP contribution is -2.35. The van der Waals surface area contributed by atoms with Gasteiger partial charge >= 0.3 is 0 Å². The van der Waals surface area contributed by atoms with Crippen LogP contribution in [0.25, 0.3) is 0 Å². The van der Waals surface area contributed by atoms with E-state index in [-0.39, 0.29) is 12.4 Å². The topological polar surface area (TPSA) is 15.3 Å². The van der Waals surface area contributed by atoms with Gasteiger partial charge in [0.05, 0.1) is 0 Å². The van der Waals surface area contributed by atoms with E-state index in [9.17, 15) is 0 Å². The first-order valence-electron chi connectivity index (χ1n) is 6.08. The average Bonchev–Trinajstić information content (AvgIpc) is 2.65. The van der Waals surface area contributed by atoms with Crippen LogP contribution in [-0.2, 0) is 0 Å². The van der Waals surface area contributed by atoms with Crippen LogP contribution in [0.3, 0.4) is 0 Å². The smallest absolute Gasteiger partial charge is 0.0366 e. The number of aryl methyl sites for hydroxylation is 1. The van der Waals surface area contributed by atoms with E-state index in [4.69, 9.17) is 0 Å². The summed E-state index contributed by atoms with van der Waals surface area (Å²) < 4.78 is 0. The minimum absolute atomic E-state index is 0. The fourth-order valence-electron chi connectivity index (χ4n) is 2.53. The predicted molar refractivity (Wildman–Crippen MR) is 77.3 cm³/mol. The summed E-state index contributed by atoms with van der Waals surface area (Å²) in [6.07, 6.45) is 1.28. The van der Waals surface area contributed by atoms with Crippen LogP contribution in [0.1, 0.15) is 18.9 Å². The summed E-state index contributed by atoms with van der Waals surface area (Å²) in [5.41, 5.74) is 3.09. The molecule has 1 heterocycles. The van der Waals surface area contributed by atoms with Crippen LogP contribution in [-0.4, -0.2) is 26.7 Å². The first-order valence-corrected chi connectivity index (χ1v) is 6.08. The van der Waals surface area contributed by atoms with Crippen molar-refractivity contribution in [3.8, 4) is 0 Å². The zero-order chi connectivity index (χ0) is 11.6. The molecule has 0 bridgehead atoms. The third-order valence-corrected chi connectivity index (χ3v) is 3.52. The quantitative estimate of drug-likeness (QED) is 0.893. The maximum absolute atomic E-state index is 3.45. The number of halogens is 1. The van der Waals surface area contributed by atoms with Crippen molar-refractivity contribution in [2.45, 2.75) is 20.3 Å². The molecule has 1 aromatic rings. The molecule has 96 valence electrons.